The molecule has 1 heterocycles. The van der Waals surface area contributed by atoms with Crippen molar-refractivity contribution >= 4 is 24.2 Å². The van der Waals surface area contributed by atoms with Crippen LogP contribution >= 0.6 is 12.4 Å². The van der Waals surface area contributed by atoms with Crippen molar-refractivity contribution in [3.05, 3.63) is 35.9 Å². The van der Waals surface area contributed by atoms with Crippen LogP contribution in [0.5, 0.6) is 0 Å². The topological polar surface area (TPSA) is 75.4 Å². The van der Waals surface area contributed by atoms with E-state index in [2.05, 4.69) is 5.32 Å². The van der Waals surface area contributed by atoms with Gasteiger partial charge in [-0.2, -0.15) is 0 Å². The number of benzene rings is 1. The second-order valence-electron chi connectivity index (χ2n) is 6.15. The highest BCUT2D eigenvalue weighted by molar-refractivity contribution is 5.85. The third kappa shape index (κ3) is 5.22. The Balaban J connectivity index is 0.00000264. The number of carbonyl (C=O) groups excluding carboxylic acids is 2. The molecule has 2 amide bonds. The number of nitrogens with one attached hydrogen (secondary N) is 1. The molecule has 0 saturated carbocycles. The van der Waals surface area contributed by atoms with E-state index in [0.29, 0.717) is 13.1 Å². The van der Waals surface area contributed by atoms with E-state index in [-0.39, 0.29) is 36.2 Å². The number of amides is 2. The first-order valence-corrected chi connectivity index (χ1v) is 7.88. The lowest BCUT2D eigenvalue weighted by Gasteiger charge is -2.33. The van der Waals surface area contributed by atoms with Crippen LogP contribution in [0.3, 0.4) is 0 Å². The lowest BCUT2D eigenvalue weighted by molar-refractivity contribution is -0.135. The zero-order valence-electron chi connectivity index (χ0n) is 13.7. The number of nitrogens with two attached hydrogens (primary N) is 1. The lowest BCUT2D eigenvalue weighted by Crippen LogP contribution is -2.49. The van der Waals surface area contributed by atoms with E-state index in [9.17, 15) is 9.59 Å². The van der Waals surface area contributed by atoms with Crippen molar-refractivity contribution in [3.63, 3.8) is 0 Å². The molecular formula is C17H26ClN3O2. The Hall–Kier alpha value is -1.59. The molecule has 1 aromatic carbocycles. The lowest BCUT2D eigenvalue weighted by atomic mass is 10.0. The van der Waals surface area contributed by atoms with Gasteiger partial charge in [0.25, 0.3) is 0 Å². The maximum Gasteiger partial charge on any atom is 0.241 e. The average molecular weight is 340 g/mol. The Kier molecular flexibility index (Phi) is 7.52. The average Bonchev–Trinajstić information content (AvgIpc) is 2.54. The number of piperidine rings is 1. The summed E-state index contributed by atoms with van der Waals surface area (Å²) in [6.07, 6.45) is 1.57. The van der Waals surface area contributed by atoms with Crippen molar-refractivity contribution in [1.82, 2.24) is 10.2 Å². The summed E-state index contributed by atoms with van der Waals surface area (Å²) in [5, 5.41) is 3.00. The van der Waals surface area contributed by atoms with E-state index in [1.807, 2.05) is 49.1 Å². The summed E-state index contributed by atoms with van der Waals surface area (Å²) in [7, 11) is 0. The molecule has 1 aromatic rings. The van der Waals surface area contributed by atoms with Gasteiger partial charge >= 0.3 is 0 Å². The van der Waals surface area contributed by atoms with Crippen molar-refractivity contribution in [1.29, 1.82) is 0 Å². The van der Waals surface area contributed by atoms with Crippen LogP contribution in [0.4, 0.5) is 0 Å². The van der Waals surface area contributed by atoms with E-state index < -0.39 is 6.04 Å². The number of hydrogen-bond acceptors (Lipinski definition) is 3. The molecule has 0 aromatic heterocycles. The monoisotopic (exact) mass is 339 g/mol. The standard InChI is InChI=1S/C17H25N3O2.ClH/c1-12(2)17(22)20-10-8-14(9-11-20)19-16(21)15(18)13-6-4-3-5-7-13;/h3-7,12,14-15H,8-11,18H2,1-2H3,(H,19,21);1H. The predicted molar refractivity (Wildman–Crippen MR) is 93.2 cm³/mol. The zero-order valence-corrected chi connectivity index (χ0v) is 14.5. The highest BCUT2D eigenvalue weighted by Gasteiger charge is 2.26. The summed E-state index contributed by atoms with van der Waals surface area (Å²) in [5.74, 6) is 0.0586. The SMILES string of the molecule is CC(C)C(=O)N1CCC(NC(=O)C(N)c2ccccc2)CC1.Cl. The highest BCUT2D eigenvalue weighted by Crippen LogP contribution is 2.15. The van der Waals surface area contributed by atoms with Gasteiger partial charge in [-0.25, -0.2) is 0 Å². The van der Waals surface area contributed by atoms with Gasteiger partial charge in [-0.15, -0.1) is 12.4 Å². The van der Waals surface area contributed by atoms with Gasteiger partial charge in [-0.1, -0.05) is 44.2 Å². The number of halogens is 1. The minimum Gasteiger partial charge on any atom is -0.352 e. The minimum absolute atomic E-state index is 0. The van der Waals surface area contributed by atoms with Crippen LogP contribution in [0.25, 0.3) is 0 Å². The van der Waals surface area contributed by atoms with Gasteiger partial charge in [0.2, 0.25) is 11.8 Å². The van der Waals surface area contributed by atoms with E-state index in [4.69, 9.17) is 5.73 Å². The number of likely N-dealkylation sites (tertiary alicyclic amines) is 1. The Morgan fingerprint density at radius 1 is 1.17 bits per heavy atom. The van der Waals surface area contributed by atoms with Gasteiger partial charge in [0, 0.05) is 25.0 Å². The van der Waals surface area contributed by atoms with Crippen LogP contribution in [-0.4, -0.2) is 35.8 Å². The van der Waals surface area contributed by atoms with Gasteiger partial charge in [0.05, 0.1) is 0 Å². The molecule has 1 aliphatic rings. The first-order valence-electron chi connectivity index (χ1n) is 7.88. The molecule has 2 rings (SSSR count). The molecule has 1 aliphatic heterocycles. The van der Waals surface area contributed by atoms with Crippen molar-refractivity contribution in [2.75, 3.05) is 13.1 Å². The minimum atomic E-state index is -0.642. The molecule has 0 aliphatic carbocycles. The smallest absolute Gasteiger partial charge is 0.241 e. The molecule has 0 radical (unpaired) electrons. The Morgan fingerprint density at radius 2 is 1.74 bits per heavy atom. The summed E-state index contributed by atoms with van der Waals surface area (Å²) in [6, 6.07) is 8.81. The van der Waals surface area contributed by atoms with Crippen molar-refractivity contribution in [2.24, 2.45) is 11.7 Å². The summed E-state index contributed by atoms with van der Waals surface area (Å²) in [6.45, 7) is 5.22. The number of nitrogens with zero attached hydrogens (tertiary/aromatic N) is 1. The summed E-state index contributed by atoms with van der Waals surface area (Å²) < 4.78 is 0. The van der Waals surface area contributed by atoms with Gasteiger partial charge < -0.3 is 16.0 Å². The van der Waals surface area contributed by atoms with Gasteiger partial charge in [-0.3, -0.25) is 9.59 Å². The predicted octanol–water partition coefficient (Wildman–Crippen LogP) is 1.87. The third-order valence-electron chi connectivity index (χ3n) is 4.09. The first kappa shape index (κ1) is 19.5. The molecule has 0 bridgehead atoms. The van der Waals surface area contributed by atoms with Crippen LogP contribution in [0.15, 0.2) is 30.3 Å². The van der Waals surface area contributed by atoms with Gasteiger partial charge in [0.15, 0.2) is 0 Å². The molecule has 1 fully saturated rings. The fourth-order valence-electron chi connectivity index (χ4n) is 2.71. The molecule has 5 nitrogen and oxygen atoms in total. The fourth-order valence-corrected chi connectivity index (χ4v) is 2.71. The Bertz CT molecular complexity index is 514. The maximum atomic E-state index is 12.2. The molecule has 1 atom stereocenters. The summed E-state index contributed by atoms with van der Waals surface area (Å²) >= 11 is 0. The molecule has 6 heteroatoms. The molecule has 23 heavy (non-hydrogen) atoms. The maximum absolute atomic E-state index is 12.2. The fraction of sp³-hybridized carbons (Fsp3) is 0.529. The Labute approximate surface area is 144 Å². The molecule has 3 N–H and O–H groups in total. The van der Waals surface area contributed by atoms with E-state index in [0.717, 1.165) is 18.4 Å². The van der Waals surface area contributed by atoms with Crippen LogP contribution in [-0.2, 0) is 9.59 Å². The second-order valence-corrected chi connectivity index (χ2v) is 6.15. The quantitative estimate of drug-likeness (QED) is 0.879. The van der Waals surface area contributed by atoms with Crippen LogP contribution in [0.1, 0.15) is 38.3 Å². The molecule has 1 unspecified atom stereocenters. The van der Waals surface area contributed by atoms with Crippen molar-refractivity contribution in [3.8, 4) is 0 Å². The zero-order chi connectivity index (χ0) is 16.1. The molecule has 1 saturated heterocycles. The van der Waals surface area contributed by atoms with Gasteiger partial charge in [0.1, 0.15) is 6.04 Å². The summed E-state index contributed by atoms with van der Waals surface area (Å²) in [5.41, 5.74) is 6.81. The van der Waals surface area contributed by atoms with E-state index in [1.54, 1.807) is 0 Å². The van der Waals surface area contributed by atoms with Gasteiger partial charge in [-0.05, 0) is 18.4 Å². The molecular weight excluding hydrogens is 314 g/mol. The van der Waals surface area contributed by atoms with E-state index in [1.165, 1.54) is 0 Å². The van der Waals surface area contributed by atoms with Crippen LogP contribution < -0.4 is 11.1 Å². The summed E-state index contributed by atoms with van der Waals surface area (Å²) in [4.78, 5) is 26.0. The van der Waals surface area contributed by atoms with E-state index >= 15 is 0 Å². The highest BCUT2D eigenvalue weighted by atomic mass is 35.5. The Morgan fingerprint density at radius 3 is 2.26 bits per heavy atom. The molecule has 128 valence electrons. The van der Waals surface area contributed by atoms with Crippen LogP contribution in [0.2, 0.25) is 0 Å². The number of hydrogen-bond donors (Lipinski definition) is 2. The second kappa shape index (κ2) is 8.89. The number of rotatable bonds is 4. The van der Waals surface area contributed by atoms with Crippen molar-refractivity contribution in [2.45, 2.75) is 38.8 Å². The molecule has 0 spiro atoms. The first-order chi connectivity index (χ1) is 10.5. The number of carbonyl (C=O) groups is 2. The largest absolute Gasteiger partial charge is 0.352 e. The van der Waals surface area contributed by atoms with Crippen molar-refractivity contribution < 1.29 is 9.59 Å². The van der Waals surface area contributed by atoms with Crippen LogP contribution in [0, 0.1) is 5.92 Å². The third-order valence-corrected chi connectivity index (χ3v) is 4.09. The normalized spacial score (nSPS) is 16.6.